The normalized spacial score (nSPS) is 31.5. The molecule has 0 radical (unpaired) electrons. The van der Waals surface area contributed by atoms with Crippen molar-refractivity contribution in [3.63, 3.8) is 0 Å². The maximum atomic E-state index is 5.52. The van der Waals surface area contributed by atoms with Crippen molar-refractivity contribution in [2.45, 2.75) is 34.1 Å². The molecule has 72 valence electrons. The highest BCUT2D eigenvalue weighted by Crippen LogP contribution is 2.33. The zero-order valence-corrected chi connectivity index (χ0v) is 8.84. The number of rotatable bonds is 2. The van der Waals surface area contributed by atoms with Crippen LogP contribution in [-0.4, -0.2) is 13.2 Å². The molecule has 0 amide bonds. The molecular formula is C11H22O. The molecule has 0 spiro atoms. The molecule has 0 aromatic carbocycles. The molecule has 0 unspecified atom stereocenters. The molecule has 1 aliphatic heterocycles. The summed E-state index contributed by atoms with van der Waals surface area (Å²) in [6.07, 6.45) is 1.26. The summed E-state index contributed by atoms with van der Waals surface area (Å²) in [7, 11) is 0. The molecule has 1 rings (SSSR count). The molecular weight excluding hydrogens is 148 g/mol. The van der Waals surface area contributed by atoms with E-state index >= 15 is 0 Å². The van der Waals surface area contributed by atoms with Gasteiger partial charge in [-0.3, -0.25) is 0 Å². The maximum absolute atomic E-state index is 5.52. The standard InChI is InChI=1S/C11H22O/c1-8(2)10-5-6-12-7-11(10)9(3)4/h8-11H,5-7H2,1-4H3/t10-,11-/m1/s1. The fraction of sp³-hybridized carbons (Fsp3) is 1.00. The lowest BCUT2D eigenvalue weighted by molar-refractivity contribution is -0.0177. The summed E-state index contributed by atoms with van der Waals surface area (Å²) < 4.78 is 5.52. The summed E-state index contributed by atoms with van der Waals surface area (Å²) in [5.41, 5.74) is 0. The molecule has 12 heavy (non-hydrogen) atoms. The van der Waals surface area contributed by atoms with Crippen LogP contribution in [0.15, 0.2) is 0 Å². The van der Waals surface area contributed by atoms with E-state index in [4.69, 9.17) is 4.74 Å². The first-order valence-corrected chi connectivity index (χ1v) is 5.20. The third-order valence-electron chi connectivity index (χ3n) is 3.17. The Morgan fingerprint density at radius 3 is 2.00 bits per heavy atom. The SMILES string of the molecule is CC(C)[C@H]1CCOC[C@@H]1C(C)C. The van der Waals surface area contributed by atoms with Gasteiger partial charge in [-0.1, -0.05) is 27.7 Å². The van der Waals surface area contributed by atoms with Crippen molar-refractivity contribution in [3.05, 3.63) is 0 Å². The van der Waals surface area contributed by atoms with Gasteiger partial charge in [-0.05, 0) is 30.1 Å². The number of hydrogen-bond donors (Lipinski definition) is 0. The van der Waals surface area contributed by atoms with Crippen molar-refractivity contribution in [1.82, 2.24) is 0 Å². The predicted molar refractivity (Wildman–Crippen MR) is 52.1 cm³/mol. The highest BCUT2D eigenvalue weighted by atomic mass is 16.5. The Balaban J connectivity index is 2.54. The Bertz CT molecular complexity index is 113. The van der Waals surface area contributed by atoms with Crippen molar-refractivity contribution in [2.75, 3.05) is 13.2 Å². The van der Waals surface area contributed by atoms with E-state index in [1.54, 1.807) is 0 Å². The minimum Gasteiger partial charge on any atom is -0.381 e. The van der Waals surface area contributed by atoms with Crippen LogP contribution in [0.2, 0.25) is 0 Å². The van der Waals surface area contributed by atoms with Gasteiger partial charge < -0.3 is 4.74 Å². The van der Waals surface area contributed by atoms with Crippen LogP contribution in [0.4, 0.5) is 0 Å². The van der Waals surface area contributed by atoms with E-state index in [0.717, 1.165) is 36.9 Å². The van der Waals surface area contributed by atoms with Crippen molar-refractivity contribution in [2.24, 2.45) is 23.7 Å². The monoisotopic (exact) mass is 170 g/mol. The predicted octanol–water partition coefficient (Wildman–Crippen LogP) is 2.95. The molecule has 0 N–H and O–H groups in total. The molecule has 1 heteroatoms. The Morgan fingerprint density at radius 1 is 1.00 bits per heavy atom. The molecule has 1 heterocycles. The lowest BCUT2D eigenvalue weighted by Crippen LogP contribution is -2.34. The van der Waals surface area contributed by atoms with Crippen molar-refractivity contribution in [1.29, 1.82) is 0 Å². The van der Waals surface area contributed by atoms with E-state index < -0.39 is 0 Å². The van der Waals surface area contributed by atoms with Gasteiger partial charge in [0.1, 0.15) is 0 Å². The van der Waals surface area contributed by atoms with E-state index in [1.165, 1.54) is 6.42 Å². The average molecular weight is 170 g/mol. The lowest BCUT2D eigenvalue weighted by Gasteiger charge is -2.36. The lowest BCUT2D eigenvalue weighted by atomic mass is 9.75. The second-order valence-corrected chi connectivity index (χ2v) is 4.68. The van der Waals surface area contributed by atoms with Gasteiger partial charge >= 0.3 is 0 Å². The second-order valence-electron chi connectivity index (χ2n) is 4.68. The molecule has 0 saturated carbocycles. The Hall–Kier alpha value is -0.0400. The minimum absolute atomic E-state index is 0.776. The van der Waals surface area contributed by atoms with E-state index in [2.05, 4.69) is 27.7 Å². The van der Waals surface area contributed by atoms with Crippen LogP contribution in [0.25, 0.3) is 0 Å². The first kappa shape index (κ1) is 10.0. The second kappa shape index (κ2) is 4.27. The molecule has 1 saturated heterocycles. The van der Waals surface area contributed by atoms with Crippen molar-refractivity contribution < 1.29 is 4.74 Å². The molecule has 0 aromatic heterocycles. The molecule has 0 bridgehead atoms. The van der Waals surface area contributed by atoms with E-state index in [-0.39, 0.29) is 0 Å². The zero-order chi connectivity index (χ0) is 9.14. The van der Waals surface area contributed by atoms with Crippen LogP contribution in [0.3, 0.4) is 0 Å². The quantitative estimate of drug-likeness (QED) is 0.619. The van der Waals surface area contributed by atoms with Gasteiger partial charge in [-0.25, -0.2) is 0 Å². The topological polar surface area (TPSA) is 9.23 Å². The third kappa shape index (κ3) is 2.22. The maximum Gasteiger partial charge on any atom is 0.0499 e. The molecule has 1 fully saturated rings. The van der Waals surface area contributed by atoms with Gasteiger partial charge in [0.05, 0.1) is 0 Å². The van der Waals surface area contributed by atoms with Crippen LogP contribution < -0.4 is 0 Å². The van der Waals surface area contributed by atoms with E-state index in [9.17, 15) is 0 Å². The van der Waals surface area contributed by atoms with Crippen LogP contribution in [-0.2, 0) is 4.74 Å². The highest BCUT2D eigenvalue weighted by molar-refractivity contribution is 4.78. The summed E-state index contributed by atoms with van der Waals surface area (Å²) >= 11 is 0. The van der Waals surface area contributed by atoms with Gasteiger partial charge in [0, 0.05) is 13.2 Å². The Morgan fingerprint density at radius 2 is 1.58 bits per heavy atom. The van der Waals surface area contributed by atoms with Gasteiger partial charge in [0.15, 0.2) is 0 Å². The minimum atomic E-state index is 0.776. The van der Waals surface area contributed by atoms with Crippen LogP contribution >= 0.6 is 0 Å². The fourth-order valence-corrected chi connectivity index (χ4v) is 2.29. The van der Waals surface area contributed by atoms with Gasteiger partial charge in [0.2, 0.25) is 0 Å². The Labute approximate surface area is 76.5 Å². The van der Waals surface area contributed by atoms with Gasteiger partial charge in [-0.15, -0.1) is 0 Å². The summed E-state index contributed by atoms with van der Waals surface area (Å²) in [5, 5.41) is 0. The molecule has 1 nitrogen and oxygen atoms in total. The van der Waals surface area contributed by atoms with E-state index in [1.807, 2.05) is 0 Å². The first-order chi connectivity index (χ1) is 5.63. The molecule has 2 atom stereocenters. The summed E-state index contributed by atoms with van der Waals surface area (Å²) in [6, 6.07) is 0. The summed E-state index contributed by atoms with van der Waals surface area (Å²) in [5.74, 6) is 3.27. The summed E-state index contributed by atoms with van der Waals surface area (Å²) in [4.78, 5) is 0. The largest absolute Gasteiger partial charge is 0.381 e. The van der Waals surface area contributed by atoms with Gasteiger partial charge in [-0.2, -0.15) is 0 Å². The smallest absolute Gasteiger partial charge is 0.0499 e. The third-order valence-corrected chi connectivity index (χ3v) is 3.17. The van der Waals surface area contributed by atoms with Crippen LogP contribution in [0.1, 0.15) is 34.1 Å². The molecule has 0 aliphatic carbocycles. The van der Waals surface area contributed by atoms with Crippen molar-refractivity contribution >= 4 is 0 Å². The highest BCUT2D eigenvalue weighted by Gasteiger charge is 2.29. The molecule has 0 aromatic rings. The van der Waals surface area contributed by atoms with E-state index in [0.29, 0.717) is 0 Å². The number of ether oxygens (including phenoxy) is 1. The molecule has 1 aliphatic rings. The Kier molecular flexibility index (Phi) is 3.57. The van der Waals surface area contributed by atoms with Gasteiger partial charge in [0.25, 0.3) is 0 Å². The van der Waals surface area contributed by atoms with Crippen LogP contribution in [0.5, 0.6) is 0 Å². The van der Waals surface area contributed by atoms with Crippen molar-refractivity contribution in [3.8, 4) is 0 Å². The number of hydrogen-bond acceptors (Lipinski definition) is 1. The average Bonchev–Trinajstić information content (AvgIpc) is 2.04. The zero-order valence-electron chi connectivity index (χ0n) is 8.84. The van der Waals surface area contributed by atoms with Crippen LogP contribution in [0, 0.1) is 23.7 Å². The first-order valence-electron chi connectivity index (χ1n) is 5.20. The fourth-order valence-electron chi connectivity index (χ4n) is 2.29. The summed E-state index contributed by atoms with van der Waals surface area (Å²) in [6.45, 7) is 11.3.